The van der Waals surface area contributed by atoms with Crippen LogP contribution in [0, 0.1) is 0 Å². The summed E-state index contributed by atoms with van der Waals surface area (Å²) in [6.07, 6.45) is 6.40. The molecule has 34 heavy (non-hydrogen) atoms. The van der Waals surface area contributed by atoms with Crippen molar-refractivity contribution in [3.8, 4) is 0 Å². The number of rotatable bonds is 9. The van der Waals surface area contributed by atoms with Crippen LogP contribution in [0.3, 0.4) is 0 Å². The zero-order chi connectivity index (χ0) is 24.9. The van der Waals surface area contributed by atoms with Gasteiger partial charge in [0.05, 0.1) is 36.1 Å². The first kappa shape index (κ1) is 28.6. The number of alkyl halides is 2. The molecule has 3 fully saturated rings. The van der Waals surface area contributed by atoms with Gasteiger partial charge in [0.1, 0.15) is 0 Å². The lowest BCUT2D eigenvalue weighted by Crippen LogP contribution is -2.57. The van der Waals surface area contributed by atoms with E-state index < -0.39 is 21.3 Å². The summed E-state index contributed by atoms with van der Waals surface area (Å²) in [6.45, 7) is -0.220. The SMILES string of the molecule is COC1CCC(S(=O)(=O)N(CC(=O)NC2CCCC(Br)C2)C2CC(Cl)CCC2OC)CC1OC. The molecule has 0 radical (unpaired) electrons. The molecule has 1 amide bonds. The predicted molar refractivity (Wildman–Crippen MR) is 136 cm³/mol. The number of hydrogen-bond acceptors (Lipinski definition) is 6. The maximum Gasteiger partial charge on any atom is 0.235 e. The molecule has 8 nitrogen and oxygen atoms in total. The maximum absolute atomic E-state index is 14.0. The predicted octanol–water partition coefficient (Wildman–Crippen LogP) is 3.20. The molecule has 11 heteroatoms. The molecular weight excluding hydrogens is 548 g/mol. The minimum absolute atomic E-state index is 0.0514. The summed E-state index contributed by atoms with van der Waals surface area (Å²) in [5, 5.41) is 2.28. The van der Waals surface area contributed by atoms with Gasteiger partial charge in [0.2, 0.25) is 15.9 Å². The third kappa shape index (κ3) is 7.07. The van der Waals surface area contributed by atoms with Crippen molar-refractivity contribution in [3.63, 3.8) is 0 Å². The van der Waals surface area contributed by atoms with Gasteiger partial charge in [0.15, 0.2) is 0 Å². The number of hydrogen-bond donors (Lipinski definition) is 1. The second-order valence-electron chi connectivity index (χ2n) is 9.85. The molecule has 0 spiro atoms. The van der Waals surface area contributed by atoms with Gasteiger partial charge in [-0.05, 0) is 57.8 Å². The molecule has 3 aliphatic rings. The molecular formula is C23H40BrClN2O6S. The average Bonchev–Trinajstić information content (AvgIpc) is 2.81. The van der Waals surface area contributed by atoms with Gasteiger partial charge < -0.3 is 19.5 Å². The molecule has 0 saturated heterocycles. The topological polar surface area (TPSA) is 94.2 Å². The molecule has 0 heterocycles. The van der Waals surface area contributed by atoms with Gasteiger partial charge >= 0.3 is 0 Å². The molecule has 0 aromatic rings. The first-order valence-corrected chi connectivity index (χ1v) is 15.2. The highest BCUT2D eigenvalue weighted by Gasteiger charge is 2.46. The fourth-order valence-electron chi connectivity index (χ4n) is 5.76. The number of nitrogens with zero attached hydrogens (tertiary/aromatic N) is 1. The largest absolute Gasteiger partial charge is 0.380 e. The molecule has 0 aliphatic heterocycles. The van der Waals surface area contributed by atoms with Gasteiger partial charge in [-0.2, -0.15) is 4.31 Å². The Balaban J connectivity index is 1.82. The lowest BCUT2D eigenvalue weighted by Gasteiger charge is -2.43. The Hall–Kier alpha value is 0.0300. The molecule has 198 valence electrons. The third-order valence-corrected chi connectivity index (χ3v) is 11.2. The highest BCUT2D eigenvalue weighted by atomic mass is 79.9. The molecule has 1 N–H and O–H groups in total. The summed E-state index contributed by atoms with van der Waals surface area (Å²) in [7, 11) is 0.978. The Bertz CT molecular complexity index is 775. The normalized spacial score (nSPS) is 37.5. The maximum atomic E-state index is 14.0. The van der Waals surface area contributed by atoms with Gasteiger partial charge in [0, 0.05) is 37.6 Å². The van der Waals surface area contributed by atoms with E-state index in [0.29, 0.717) is 36.9 Å². The van der Waals surface area contributed by atoms with Crippen molar-refractivity contribution in [2.75, 3.05) is 27.9 Å². The minimum atomic E-state index is -3.82. The third-order valence-electron chi connectivity index (χ3n) is 7.67. The van der Waals surface area contributed by atoms with Crippen LogP contribution < -0.4 is 5.32 Å². The second-order valence-corrected chi connectivity index (χ2v) is 13.9. The van der Waals surface area contributed by atoms with Crippen LogP contribution >= 0.6 is 27.5 Å². The number of ether oxygens (including phenoxy) is 3. The summed E-state index contributed by atoms with van der Waals surface area (Å²) in [5.41, 5.74) is 0. The molecule has 0 aromatic heterocycles. The number of carbonyl (C=O) groups is 1. The lowest BCUT2D eigenvalue weighted by atomic mass is 9.92. The standard InChI is InChI=1S/C23H40BrClN2O6S/c1-31-20-9-7-16(25)12-19(20)27(14-23(28)26-17-6-4-5-15(24)11-17)34(29,30)18-8-10-21(32-2)22(13-18)33-3/h15-22H,4-14H2,1-3H3,(H,26,28). The summed E-state index contributed by atoms with van der Waals surface area (Å²) in [6, 6.07) is -0.427. The summed E-state index contributed by atoms with van der Waals surface area (Å²) in [5.74, 6) is -0.268. The number of carbonyl (C=O) groups excluding carboxylic acids is 1. The molecule has 3 aliphatic carbocycles. The van der Waals surface area contributed by atoms with Gasteiger partial charge in [-0.1, -0.05) is 22.4 Å². The fourth-order valence-corrected chi connectivity index (χ4v) is 8.99. The number of sulfonamides is 1. The zero-order valence-electron chi connectivity index (χ0n) is 20.5. The van der Waals surface area contributed by atoms with Crippen molar-refractivity contribution < 1.29 is 27.4 Å². The van der Waals surface area contributed by atoms with E-state index in [-0.39, 0.29) is 42.2 Å². The van der Waals surface area contributed by atoms with Crippen LogP contribution in [-0.4, -0.2) is 92.4 Å². The van der Waals surface area contributed by atoms with Crippen molar-refractivity contribution >= 4 is 43.5 Å². The van der Waals surface area contributed by atoms with Crippen LogP contribution in [0.25, 0.3) is 0 Å². The van der Waals surface area contributed by atoms with Crippen LogP contribution in [0.5, 0.6) is 0 Å². The molecule has 0 aromatic carbocycles. The van der Waals surface area contributed by atoms with E-state index in [4.69, 9.17) is 25.8 Å². The lowest BCUT2D eigenvalue weighted by molar-refractivity contribution is -0.123. The van der Waals surface area contributed by atoms with Gasteiger partial charge in [-0.25, -0.2) is 8.42 Å². The van der Waals surface area contributed by atoms with Crippen molar-refractivity contribution in [2.24, 2.45) is 0 Å². The van der Waals surface area contributed by atoms with E-state index >= 15 is 0 Å². The highest BCUT2D eigenvalue weighted by Crippen LogP contribution is 2.35. The Kier molecular flexibility index (Phi) is 10.9. The van der Waals surface area contributed by atoms with Crippen molar-refractivity contribution in [1.82, 2.24) is 9.62 Å². The van der Waals surface area contributed by atoms with Crippen LogP contribution in [0.4, 0.5) is 0 Å². The zero-order valence-corrected chi connectivity index (χ0v) is 23.6. The monoisotopic (exact) mass is 586 g/mol. The number of nitrogens with one attached hydrogen (secondary N) is 1. The second kappa shape index (κ2) is 13.0. The first-order chi connectivity index (χ1) is 16.2. The molecule has 8 unspecified atom stereocenters. The number of halogens is 2. The molecule has 3 rings (SSSR count). The van der Waals surface area contributed by atoms with Crippen molar-refractivity contribution in [1.29, 1.82) is 0 Å². The molecule has 0 bridgehead atoms. The van der Waals surface area contributed by atoms with Gasteiger partial charge in [0.25, 0.3) is 0 Å². The summed E-state index contributed by atoms with van der Waals surface area (Å²) in [4.78, 5) is 13.5. The quantitative estimate of drug-likeness (QED) is 0.417. The van der Waals surface area contributed by atoms with Crippen LogP contribution in [-0.2, 0) is 29.0 Å². The Morgan fingerprint density at radius 2 is 1.62 bits per heavy atom. The number of amides is 1. The number of methoxy groups -OCH3 is 3. The first-order valence-electron chi connectivity index (χ1n) is 12.4. The van der Waals surface area contributed by atoms with Crippen LogP contribution in [0.2, 0.25) is 0 Å². The van der Waals surface area contributed by atoms with Crippen molar-refractivity contribution in [2.45, 2.75) is 110 Å². The molecule has 8 atom stereocenters. The highest BCUT2D eigenvalue weighted by molar-refractivity contribution is 9.09. The smallest absolute Gasteiger partial charge is 0.235 e. The fraction of sp³-hybridized carbons (Fsp3) is 0.957. The van der Waals surface area contributed by atoms with E-state index in [2.05, 4.69) is 21.2 Å². The minimum Gasteiger partial charge on any atom is -0.380 e. The molecule has 3 saturated carbocycles. The summed E-state index contributed by atoms with van der Waals surface area (Å²) < 4.78 is 46.2. The van der Waals surface area contributed by atoms with E-state index in [1.807, 2.05) is 0 Å². The summed E-state index contributed by atoms with van der Waals surface area (Å²) >= 11 is 10.1. The Morgan fingerprint density at radius 3 is 2.26 bits per heavy atom. The average molecular weight is 588 g/mol. The van der Waals surface area contributed by atoms with E-state index in [1.54, 1.807) is 21.3 Å². The van der Waals surface area contributed by atoms with Crippen molar-refractivity contribution in [3.05, 3.63) is 0 Å². The van der Waals surface area contributed by atoms with Crippen LogP contribution in [0.15, 0.2) is 0 Å². The van der Waals surface area contributed by atoms with Crippen LogP contribution in [0.1, 0.15) is 64.2 Å². The van der Waals surface area contributed by atoms with Gasteiger partial charge in [-0.3, -0.25) is 4.79 Å². The van der Waals surface area contributed by atoms with E-state index in [9.17, 15) is 13.2 Å². The van der Waals surface area contributed by atoms with E-state index in [1.165, 1.54) is 4.31 Å². The van der Waals surface area contributed by atoms with Gasteiger partial charge in [-0.15, -0.1) is 11.6 Å². The Labute approximate surface area is 217 Å². The Morgan fingerprint density at radius 1 is 0.941 bits per heavy atom. The van der Waals surface area contributed by atoms with E-state index in [0.717, 1.165) is 32.1 Å².